The van der Waals surface area contributed by atoms with Gasteiger partial charge in [-0.15, -0.1) is 11.8 Å². The first-order chi connectivity index (χ1) is 5.56. The molecular weight excluding hydrogens is 172 g/mol. The van der Waals surface area contributed by atoms with Crippen LogP contribution in [0.3, 0.4) is 0 Å². The summed E-state index contributed by atoms with van der Waals surface area (Å²) in [6.07, 6.45) is 0.617. The lowest BCUT2D eigenvalue weighted by Crippen LogP contribution is -2.53. The Hall–Kier alpha value is -0.690. The molecule has 0 unspecified atom stereocenters. The first kappa shape index (κ1) is 7.93. The molecule has 0 bridgehead atoms. The molecule has 0 N–H and O–H groups in total. The van der Waals surface area contributed by atoms with Gasteiger partial charge < -0.3 is 4.90 Å². The fourth-order valence-corrected chi connectivity index (χ4v) is 3.35. The minimum Gasteiger partial charge on any atom is -0.313 e. The minimum absolute atomic E-state index is 0.0917. The van der Waals surface area contributed by atoms with Crippen LogP contribution in [0.15, 0.2) is 0 Å². The lowest BCUT2D eigenvalue weighted by Gasteiger charge is -2.35. The smallest absolute Gasteiger partial charge is 0.227 e. The molecule has 0 aromatic rings. The van der Waals surface area contributed by atoms with Crippen molar-refractivity contribution in [2.75, 3.05) is 0 Å². The van der Waals surface area contributed by atoms with Crippen molar-refractivity contribution in [1.82, 2.24) is 4.90 Å². The number of rotatable bonds is 0. The van der Waals surface area contributed by atoms with Crippen LogP contribution in [-0.4, -0.2) is 27.0 Å². The maximum absolute atomic E-state index is 11.1. The van der Waals surface area contributed by atoms with Gasteiger partial charge in [0.1, 0.15) is 6.04 Å². The summed E-state index contributed by atoms with van der Waals surface area (Å²) in [4.78, 5) is 12.8. The Labute approximate surface area is 75.7 Å². The normalized spacial score (nSPS) is 37.1. The number of hydrogen-bond acceptors (Lipinski definition) is 3. The topological polar surface area (TPSA) is 44.1 Å². The molecule has 0 saturated carbocycles. The molecule has 2 fully saturated rings. The highest BCUT2D eigenvalue weighted by Gasteiger charge is 2.55. The van der Waals surface area contributed by atoms with Crippen molar-refractivity contribution in [2.24, 2.45) is 0 Å². The van der Waals surface area contributed by atoms with Gasteiger partial charge in [0, 0.05) is 4.75 Å². The highest BCUT2D eigenvalue weighted by atomic mass is 32.2. The largest absolute Gasteiger partial charge is 0.313 e. The summed E-state index contributed by atoms with van der Waals surface area (Å²) in [6.45, 7) is 4.05. The fraction of sp³-hybridized carbons (Fsp3) is 0.750. The van der Waals surface area contributed by atoms with Crippen molar-refractivity contribution < 1.29 is 4.79 Å². The maximum atomic E-state index is 11.1. The minimum atomic E-state index is -0.228. The summed E-state index contributed by atoms with van der Waals surface area (Å²) in [5, 5.41) is 9.16. The summed E-state index contributed by atoms with van der Waals surface area (Å²) in [5.74, 6) is 0.129. The lowest BCUT2D eigenvalue weighted by molar-refractivity contribution is -0.142. The van der Waals surface area contributed by atoms with Gasteiger partial charge in [-0.3, -0.25) is 4.79 Å². The van der Waals surface area contributed by atoms with Gasteiger partial charge >= 0.3 is 0 Å². The van der Waals surface area contributed by atoms with E-state index in [1.165, 1.54) is 0 Å². The number of thioether (sulfide) groups is 1. The van der Waals surface area contributed by atoms with Crippen molar-refractivity contribution >= 4 is 17.7 Å². The van der Waals surface area contributed by atoms with E-state index in [4.69, 9.17) is 5.26 Å². The number of fused-ring (bicyclic) bond motifs is 1. The molecule has 1 amide bonds. The first-order valence-electron chi connectivity index (χ1n) is 3.95. The molecule has 2 saturated heterocycles. The zero-order chi connectivity index (χ0) is 8.93. The van der Waals surface area contributed by atoms with Gasteiger partial charge in [-0.05, 0) is 13.8 Å². The lowest BCUT2D eigenvalue weighted by atomic mass is 10.00. The third-order valence-electron chi connectivity index (χ3n) is 2.45. The number of β-lactam (4-membered cyclic amide) rings is 1. The second-order valence-electron chi connectivity index (χ2n) is 3.71. The molecule has 2 aliphatic rings. The number of carbonyl (C=O) groups is 1. The molecule has 0 aliphatic carbocycles. The average Bonchev–Trinajstić information content (AvgIpc) is 2.17. The van der Waals surface area contributed by atoms with Crippen LogP contribution in [0.25, 0.3) is 0 Å². The highest BCUT2D eigenvalue weighted by molar-refractivity contribution is 8.01. The molecular formula is C8H10N2OS. The molecule has 2 atom stereocenters. The first-order valence-corrected chi connectivity index (χ1v) is 4.83. The third kappa shape index (κ3) is 0.802. The monoisotopic (exact) mass is 182 g/mol. The van der Waals surface area contributed by atoms with Crippen molar-refractivity contribution in [1.29, 1.82) is 5.26 Å². The highest BCUT2D eigenvalue weighted by Crippen LogP contribution is 2.50. The zero-order valence-electron chi connectivity index (χ0n) is 7.07. The van der Waals surface area contributed by atoms with Crippen LogP contribution in [0.2, 0.25) is 0 Å². The van der Waals surface area contributed by atoms with Crippen LogP contribution >= 0.6 is 11.8 Å². The van der Waals surface area contributed by atoms with Crippen molar-refractivity contribution in [3.63, 3.8) is 0 Å². The SMILES string of the molecule is CC1(C)S[C@@H]2CC(=O)N2[C@H]1C#N. The van der Waals surface area contributed by atoms with Gasteiger partial charge in [-0.25, -0.2) is 0 Å². The maximum Gasteiger partial charge on any atom is 0.227 e. The standard InChI is InChI=1S/C8H10N2OS/c1-8(2)5(4-9)10-6(11)3-7(10)12-8/h5,7H,3H2,1-2H3/t5-,7+/m0/s1. The van der Waals surface area contributed by atoms with Gasteiger partial charge in [0.25, 0.3) is 0 Å². The predicted octanol–water partition coefficient (Wildman–Crippen LogP) is 0.962. The van der Waals surface area contributed by atoms with Crippen molar-refractivity contribution in [3.8, 4) is 6.07 Å². The second-order valence-corrected chi connectivity index (χ2v) is 5.54. The van der Waals surface area contributed by atoms with E-state index >= 15 is 0 Å². The van der Waals surface area contributed by atoms with Crippen molar-refractivity contribution in [2.45, 2.75) is 36.4 Å². The Kier molecular flexibility index (Phi) is 1.43. The average molecular weight is 182 g/mol. The van der Waals surface area contributed by atoms with E-state index < -0.39 is 0 Å². The van der Waals surface area contributed by atoms with E-state index in [1.807, 2.05) is 13.8 Å². The van der Waals surface area contributed by atoms with Crippen LogP contribution in [0.1, 0.15) is 20.3 Å². The zero-order valence-corrected chi connectivity index (χ0v) is 7.89. The van der Waals surface area contributed by atoms with Crippen LogP contribution in [0.4, 0.5) is 0 Å². The van der Waals surface area contributed by atoms with Crippen LogP contribution in [0.5, 0.6) is 0 Å². The molecule has 0 aromatic carbocycles. The molecule has 2 heterocycles. The van der Waals surface area contributed by atoms with Crippen molar-refractivity contribution in [3.05, 3.63) is 0 Å². The summed E-state index contributed by atoms with van der Waals surface area (Å²) in [6, 6.07) is 1.97. The second kappa shape index (κ2) is 2.17. The van der Waals surface area contributed by atoms with Crippen LogP contribution in [-0.2, 0) is 4.79 Å². The van der Waals surface area contributed by atoms with E-state index in [1.54, 1.807) is 16.7 Å². The fourth-order valence-electron chi connectivity index (χ4n) is 1.78. The quantitative estimate of drug-likeness (QED) is 0.524. The number of nitriles is 1. The summed E-state index contributed by atoms with van der Waals surface area (Å²) in [5.41, 5.74) is 0. The predicted molar refractivity (Wildman–Crippen MR) is 46.3 cm³/mol. The Morgan fingerprint density at radius 2 is 2.42 bits per heavy atom. The molecule has 4 heteroatoms. The Bertz CT molecular complexity index is 281. The van der Waals surface area contributed by atoms with Gasteiger partial charge in [0.05, 0.1) is 17.9 Å². The van der Waals surface area contributed by atoms with Gasteiger partial charge in [0.15, 0.2) is 0 Å². The molecule has 2 rings (SSSR count). The van der Waals surface area contributed by atoms with Crippen LogP contribution in [0, 0.1) is 11.3 Å². The van der Waals surface area contributed by atoms with E-state index in [2.05, 4.69) is 6.07 Å². The summed E-state index contributed by atoms with van der Waals surface area (Å²) < 4.78 is -0.0917. The number of amides is 1. The van der Waals surface area contributed by atoms with Crippen LogP contribution < -0.4 is 0 Å². The molecule has 3 nitrogen and oxygen atoms in total. The van der Waals surface area contributed by atoms with Gasteiger partial charge in [-0.2, -0.15) is 5.26 Å². The number of nitrogens with zero attached hydrogens (tertiary/aromatic N) is 2. The molecule has 0 radical (unpaired) electrons. The van der Waals surface area contributed by atoms with E-state index in [0.717, 1.165) is 0 Å². The Morgan fingerprint density at radius 1 is 1.75 bits per heavy atom. The summed E-state index contributed by atoms with van der Waals surface area (Å²) in [7, 11) is 0. The van der Waals surface area contributed by atoms with E-state index in [0.29, 0.717) is 6.42 Å². The Morgan fingerprint density at radius 3 is 2.83 bits per heavy atom. The summed E-state index contributed by atoms with van der Waals surface area (Å²) >= 11 is 1.74. The third-order valence-corrected chi connectivity index (χ3v) is 3.94. The molecule has 2 aliphatic heterocycles. The molecule has 0 aromatic heterocycles. The van der Waals surface area contributed by atoms with E-state index in [-0.39, 0.29) is 22.1 Å². The van der Waals surface area contributed by atoms with E-state index in [9.17, 15) is 4.79 Å². The molecule has 64 valence electrons. The van der Waals surface area contributed by atoms with Gasteiger partial charge in [-0.1, -0.05) is 0 Å². The molecule has 0 spiro atoms. The van der Waals surface area contributed by atoms with Gasteiger partial charge in [0.2, 0.25) is 5.91 Å². The number of carbonyl (C=O) groups excluding carboxylic acids is 1. The Balaban J connectivity index is 2.29. The molecule has 12 heavy (non-hydrogen) atoms. The number of hydrogen-bond donors (Lipinski definition) is 0.